The first-order chi connectivity index (χ1) is 10.6. The molecule has 4 nitrogen and oxygen atoms in total. The Balaban J connectivity index is 1.90. The molecule has 2 heterocycles. The molecule has 1 aromatic carbocycles. The zero-order chi connectivity index (χ0) is 15.7. The smallest absolute Gasteiger partial charge is 0.257 e. The molecule has 0 radical (unpaired) electrons. The van der Waals surface area contributed by atoms with Crippen LogP contribution >= 0.6 is 15.9 Å². The summed E-state index contributed by atoms with van der Waals surface area (Å²) in [6, 6.07) is 11.2. The second kappa shape index (κ2) is 5.93. The van der Waals surface area contributed by atoms with Gasteiger partial charge in [-0.25, -0.2) is 4.98 Å². The lowest BCUT2D eigenvalue weighted by atomic mass is 10.2. The van der Waals surface area contributed by atoms with Crippen LogP contribution in [0.5, 0.6) is 0 Å². The molecule has 0 aliphatic rings. The molecule has 1 N–H and O–H groups in total. The molecule has 3 rings (SSSR count). The summed E-state index contributed by atoms with van der Waals surface area (Å²) in [7, 11) is 0. The van der Waals surface area contributed by atoms with Crippen molar-refractivity contribution in [3.8, 4) is 0 Å². The Hall–Kier alpha value is -2.14. The van der Waals surface area contributed by atoms with Crippen LogP contribution in [0.2, 0.25) is 0 Å². The van der Waals surface area contributed by atoms with Crippen LogP contribution in [-0.2, 0) is 6.42 Å². The van der Waals surface area contributed by atoms with Crippen molar-refractivity contribution >= 4 is 33.2 Å². The van der Waals surface area contributed by atoms with E-state index in [0.29, 0.717) is 5.56 Å². The third-order valence-electron chi connectivity index (χ3n) is 3.65. The Morgan fingerprint density at radius 3 is 2.64 bits per heavy atom. The van der Waals surface area contributed by atoms with E-state index in [9.17, 15) is 4.79 Å². The SMILES string of the molecule is CCc1nc2ccc(C(=O)Nc3ccc(Br)cc3)cn2c1C. The Labute approximate surface area is 137 Å². The maximum atomic E-state index is 12.4. The number of fused-ring (bicyclic) bond motifs is 1. The molecule has 0 saturated carbocycles. The van der Waals surface area contributed by atoms with Gasteiger partial charge in [-0.3, -0.25) is 4.79 Å². The van der Waals surface area contributed by atoms with Gasteiger partial charge in [0.05, 0.1) is 11.3 Å². The van der Waals surface area contributed by atoms with E-state index in [1.807, 2.05) is 47.9 Å². The predicted octanol–water partition coefficient (Wildman–Crippen LogP) is 4.22. The Kier molecular flexibility index (Phi) is 3.98. The number of imidazole rings is 1. The average Bonchev–Trinajstić information content (AvgIpc) is 2.85. The minimum atomic E-state index is -0.129. The first-order valence-corrected chi connectivity index (χ1v) is 7.92. The van der Waals surface area contributed by atoms with E-state index >= 15 is 0 Å². The summed E-state index contributed by atoms with van der Waals surface area (Å²) in [5.74, 6) is -0.129. The fraction of sp³-hybridized carbons (Fsp3) is 0.176. The summed E-state index contributed by atoms with van der Waals surface area (Å²) in [4.78, 5) is 16.9. The van der Waals surface area contributed by atoms with Crippen LogP contribution in [0.4, 0.5) is 5.69 Å². The lowest BCUT2D eigenvalue weighted by Gasteiger charge is -2.06. The zero-order valence-electron chi connectivity index (χ0n) is 12.4. The van der Waals surface area contributed by atoms with Crippen molar-refractivity contribution < 1.29 is 4.79 Å². The number of nitrogens with one attached hydrogen (secondary N) is 1. The Bertz CT molecular complexity index is 837. The number of carbonyl (C=O) groups is 1. The molecule has 112 valence electrons. The number of halogens is 1. The van der Waals surface area contributed by atoms with Crippen molar-refractivity contribution in [2.45, 2.75) is 20.3 Å². The first-order valence-electron chi connectivity index (χ1n) is 7.13. The van der Waals surface area contributed by atoms with Gasteiger partial charge in [0, 0.05) is 22.1 Å². The van der Waals surface area contributed by atoms with Crippen LogP contribution in [-0.4, -0.2) is 15.3 Å². The summed E-state index contributed by atoms with van der Waals surface area (Å²) >= 11 is 3.38. The summed E-state index contributed by atoms with van der Waals surface area (Å²) in [6.45, 7) is 4.10. The molecule has 0 fully saturated rings. The highest BCUT2D eigenvalue weighted by Gasteiger charge is 2.11. The maximum absolute atomic E-state index is 12.4. The van der Waals surface area contributed by atoms with Gasteiger partial charge < -0.3 is 9.72 Å². The quantitative estimate of drug-likeness (QED) is 0.762. The van der Waals surface area contributed by atoms with Gasteiger partial charge >= 0.3 is 0 Å². The largest absolute Gasteiger partial charge is 0.322 e. The number of aromatic nitrogens is 2. The molecule has 2 aromatic heterocycles. The monoisotopic (exact) mass is 357 g/mol. The molecule has 5 heteroatoms. The molecule has 0 bridgehead atoms. The number of benzene rings is 1. The lowest BCUT2D eigenvalue weighted by Crippen LogP contribution is -2.12. The third kappa shape index (κ3) is 2.76. The van der Waals surface area contributed by atoms with Gasteiger partial charge in [-0.1, -0.05) is 22.9 Å². The molecular weight excluding hydrogens is 342 g/mol. The topological polar surface area (TPSA) is 46.4 Å². The van der Waals surface area contributed by atoms with Crippen molar-refractivity contribution in [3.05, 3.63) is 64.0 Å². The maximum Gasteiger partial charge on any atom is 0.257 e. The van der Waals surface area contributed by atoms with Crippen LogP contribution in [0.25, 0.3) is 5.65 Å². The molecule has 0 atom stereocenters. The highest BCUT2D eigenvalue weighted by Crippen LogP contribution is 2.17. The Morgan fingerprint density at radius 1 is 1.23 bits per heavy atom. The summed E-state index contributed by atoms with van der Waals surface area (Å²) < 4.78 is 2.95. The van der Waals surface area contributed by atoms with Gasteiger partial charge in [0.15, 0.2) is 0 Å². The van der Waals surface area contributed by atoms with Gasteiger partial charge in [0.25, 0.3) is 5.91 Å². The van der Waals surface area contributed by atoms with Gasteiger partial charge in [0.2, 0.25) is 0 Å². The fourth-order valence-corrected chi connectivity index (χ4v) is 2.68. The van der Waals surface area contributed by atoms with Crippen molar-refractivity contribution in [3.63, 3.8) is 0 Å². The number of carbonyl (C=O) groups excluding carboxylic acids is 1. The molecule has 0 saturated heterocycles. The molecule has 22 heavy (non-hydrogen) atoms. The molecule has 0 spiro atoms. The van der Waals surface area contributed by atoms with E-state index in [1.165, 1.54) is 0 Å². The number of aryl methyl sites for hydroxylation is 2. The second-order valence-electron chi connectivity index (χ2n) is 5.10. The fourth-order valence-electron chi connectivity index (χ4n) is 2.42. The van der Waals surface area contributed by atoms with Crippen LogP contribution in [0.3, 0.4) is 0 Å². The van der Waals surface area contributed by atoms with Gasteiger partial charge in [0.1, 0.15) is 5.65 Å². The summed E-state index contributed by atoms with van der Waals surface area (Å²) in [5, 5.41) is 2.90. The van der Waals surface area contributed by atoms with Crippen molar-refractivity contribution in [2.24, 2.45) is 0 Å². The number of nitrogens with zero attached hydrogens (tertiary/aromatic N) is 2. The van der Waals surface area contributed by atoms with Crippen LogP contribution in [0, 0.1) is 6.92 Å². The number of anilines is 1. The van der Waals surface area contributed by atoms with E-state index in [4.69, 9.17) is 0 Å². The molecule has 0 aliphatic carbocycles. The molecule has 0 aliphatic heterocycles. The second-order valence-corrected chi connectivity index (χ2v) is 6.02. The number of hydrogen-bond donors (Lipinski definition) is 1. The standard InChI is InChI=1S/C17H16BrN3O/c1-3-15-11(2)21-10-12(4-9-16(21)20-15)17(22)19-14-7-5-13(18)6-8-14/h4-10H,3H2,1-2H3,(H,19,22). The zero-order valence-corrected chi connectivity index (χ0v) is 14.0. The van der Waals surface area contributed by atoms with E-state index in [-0.39, 0.29) is 5.91 Å². The molecule has 3 aromatic rings. The van der Waals surface area contributed by atoms with E-state index in [0.717, 1.165) is 33.6 Å². The van der Waals surface area contributed by atoms with E-state index in [1.54, 1.807) is 6.07 Å². The Morgan fingerprint density at radius 2 is 1.95 bits per heavy atom. The first kappa shape index (κ1) is 14.8. The van der Waals surface area contributed by atoms with Crippen molar-refractivity contribution in [1.82, 2.24) is 9.38 Å². The number of rotatable bonds is 3. The van der Waals surface area contributed by atoms with E-state index in [2.05, 4.69) is 33.2 Å². The lowest BCUT2D eigenvalue weighted by molar-refractivity contribution is 0.102. The van der Waals surface area contributed by atoms with Crippen LogP contribution < -0.4 is 5.32 Å². The minimum Gasteiger partial charge on any atom is -0.322 e. The molecule has 1 amide bonds. The predicted molar refractivity (Wildman–Crippen MR) is 91.4 cm³/mol. The highest BCUT2D eigenvalue weighted by molar-refractivity contribution is 9.10. The number of pyridine rings is 1. The van der Waals surface area contributed by atoms with Crippen LogP contribution in [0.1, 0.15) is 28.7 Å². The van der Waals surface area contributed by atoms with E-state index < -0.39 is 0 Å². The summed E-state index contributed by atoms with van der Waals surface area (Å²) in [5.41, 5.74) is 4.39. The molecule has 0 unspecified atom stereocenters. The highest BCUT2D eigenvalue weighted by atomic mass is 79.9. The van der Waals surface area contributed by atoms with Crippen molar-refractivity contribution in [2.75, 3.05) is 5.32 Å². The number of amides is 1. The third-order valence-corrected chi connectivity index (χ3v) is 4.18. The average molecular weight is 358 g/mol. The molecular formula is C17H16BrN3O. The number of hydrogen-bond acceptors (Lipinski definition) is 2. The van der Waals surface area contributed by atoms with Gasteiger partial charge in [-0.05, 0) is 49.7 Å². The van der Waals surface area contributed by atoms with Crippen LogP contribution in [0.15, 0.2) is 47.1 Å². The van der Waals surface area contributed by atoms with Crippen molar-refractivity contribution in [1.29, 1.82) is 0 Å². The van der Waals surface area contributed by atoms with Gasteiger partial charge in [-0.15, -0.1) is 0 Å². The minimum absolute atomic E-state index is 0.129. The van der Waals surface area contributed by atoms with Gasteiger partial charge in [-0.2, -0.15) is 0 Å². The normalized spacial score (nSPS) is 10.9. The summed E-state index contributed by atoms with van der Waals surface area (Å²) in [6.07, 6.45) is 2.72.